The summed E-state index contributed by atoms with van der Waals surface area (Å²) in [6.45, 7) is 3.88. The molecule has 2 unspecified atom stereocenters. The van der Waals surface area contributed by atoms with E-state index in [0.29, 0.717) is 63.0 Å². The van der Waals surface area contributed by atoms with Gasteiger partial charge in [-0.25, -0.2) is 14.8 Å². The van der Waals surface area contributed by atoms with E-state index in [2.05, 4.69) is 15.0 Å². The van der Waals surface area contributed by atoms with Gasteiger partial charge in [0.1, 0.15) is 18.3 Å². The summed E-state index contributed by atoms with van der Waals surface area (Å²) in [5.41, 5.74) is 7.02. The minimum absolute atomic E-state index is 0.0419. The fourth-order valence-corrected chi connectivity index (χ4v) is 6.99. The van der Waals surface area contributed by atoms with Crippen LogP contribution in [0.5, 0.6) is 0 Å². The van der Waals surface area contributed by atoms with E-state index in [1.807, 2.05) is 37.3 Å². The van der Waals surface area contributed by atoms with E-state index in [-0.39, 0.29) is 18.2 Å². The van der Waals surface area contributed by atoms with Crippen LogP contribution in [-0.2, 0) is 27.2 Å². The lowest BCUT2D eigenvalue weighted by atomic mass is 9.82. The van der Waals surface area contributed by atoms with Crippen molar-refractivity contribution in [3.63, 3.8) is 0 Å². The van der Waals surface area contributed by atoms with Gasteiger partial charge in [0.25, 0.3) is 0 Å². The molecule has 0 spiro atoms. The van der Waals surface area contributed by atoms with Crippen molar-refractivity contribution in [2.75, 3.05) is 26.3 Å². The maximum absolute atomic E-state index is 15.1. The van der Waals surface area contributed by atoms with E-state index in [1.165, 1.54) is 17.3 Å². The summed E-state index contributed by atoms with van der Waals surface area (Å²) in [5.74, 6) is -0.212. The minimum atomic E-state index is -1.07. The van der Waals surface area contributed by atoms with Crippen LogP contribution in [0.3, 0.4) is 0 Å². The number of hydrogen-bond acceptors (Lipinski definition) is 7. The maximum atomic E-state index is 15.1. The summed E-state index contributed by atoms with van der Waals surface area (Å²) in [7, 11) is 0. The standard InChI is InChI=1S/C34H47N7O5/c1-24(18-28-22-40(23-38-28)34(35)45)41(29(20-26-10-6-3-7-11-26)31(43)32-36-12-13-37-32)33(44)27(19-25-8-4-2-5-9-25)21-30(42)39-14-16-46-17-15-39/h2,4-5,8-9,12-13,22-24,26-27,29,31,43H,3,6-7,10-11,14-21H2,1H3,(H2,35,45)(H,36,37)/t24?,27?,29-,31+/m0/s1. The van der Waals surface area contributed by atoms with Gasteiger partial charge in [0.05, 0.1) is 30.9 Å². The van der Waals surface area contributed by atoms with E-state index in [9.17, 15) is 14.7 Å². The quantitative estimate of drug-likeness (QED) is 0.260. The number of hydrogen-bond donors (Lipinski definition) is 3. The van der Waals surface area contributed by atoms with Crippen LogP contribution in [0.25, 0.3) is 0 Å². The van der Waals surface area contributed by atoms with Crippen LogP contribution in [0.1, 0.15) is 75.1 Å². The predicted molar refractivity (Wildman–Crippen MR) is 171 cm³/mol. The molecule has 1 aromatic carbocycles. The maximum Gasteiger partial charge on any atom is 0.324 e. The molecule has 12 nitrogen and oxygen atoms in total. The fourth-order valence-electron chi connectivity index (χ4n) is 6.99. The number of morpholine rings is 1. The van der Waals surface area contributed by atoms with Crippen molar-refractivity contribution >= 4 is 17.8 Å². The summed E-state index contributed by atoms with van der Waals surface area (Å²) >= 11 is 0. The van der Waals surface area contributed by atoms with Crippen LogP contribution in [0.2, 0.25) is 0 Å². The lowest BCUT2D eigenvalue weighted by Crippen LogP contribution is -2.53. The highest BCUT2D eigenvalue weighted by Crippen LogP contribution is 2.35. The summed E-state index contributed by atoms with van der Waals surface area (Å²) < 4.78 is 6.68. The molecule has 2 aliphatic rings. The molecule has 5 rings (SSSR count). The lowest BCUT2D eigenvalue weighted by molar-refractivity contribution is -0.149. The van der Waals surface area contributed by atoms with Crippen molar-refractivity contribution in [1.29, 1.82) is 0 Å². The number of benzene rings is 1. The predicted octanol–water partition coefficient (Wildman–Crippen LogP) is 3.47. The molecule has 4 atom stereocenters. The van der Waals surface area contributed by atoms with Gasteiger partial charge in [0, 0.05) is 50.6 Å². The molecule has 0 radical (unpaired) electrons. The number of imidazole rings is 2. The number of H-pyrrole nitrogens is 1. The van der Waals surface area contributed by atoms with Gasteiger partial charge in [0.15, 0.2) is 0 Å². The molecule has 4 N–H and O–H groups in total. The highest BCUT2D eigenvalue weighted by Gasteiger charge is 2.40. The fraction of sp³-hybridized carbons (Fsp3) is 0.559. The summed E-state index contributed by atoms with van der Waals surface area (Å²) in [5, 5.41) is 11.9. The number of ether oxygens (including phenoxy) is 1. The number of aromatic amines is 1. The number of carbonyl (C=O) groups excluding carboxylic acids is 3. The van der Waals surface area contributed by atoms with Crippen LogP contribution >= 0.6 is 0 Å². The smallest absolute Gasteiger partial charge is 0.324 e. The Kier molecular flexibility index (Phi) is 11.6. The molecule has 2 fully saturated rings. The van der Waals surface area contributed by atoms with Gasteiger partial charge in [-0.1, -0.05) is 62.4 Å². The highest BCUT2D eigenvalue weighted by molar-refractivity contribution is 5.86. The van der Waals surface area contributed by atoms with E-state index in [4.69, 9.17) is 10.5 Å². The number of rotatable bonds is 13. The summed E-state index contributed by atoms with van der Waals surface area (Å²) in [6, 6.07) is 8.06. The zero-order chi connectivity index (χ0) is 32.5. The number of aliphatic hydroxyl groups is 1. The van der Waals surface area contributed by atoms with Crippen molar-refractivity contribution in [1.82, 2.24) is 29.3 Å². The van der Waals surface area contributed by atoms with Crippen molar-refractivity contribution in [3.05, 3.63) is 72.3 Å². The SMILES string of the molecule is CC(Cc1cn(C(N)=O)cn1)N(C(=O)C(CC(=O)N1CCOCC1)Cc1ccccc1)[C@@H](CC1CCCCC1)[C@@H](O)c1ncc[nH]1. The number of primary amides is 1. The first-order valence-corrected chi connectivity index (χ1v) is 16.5. The Morgan fingerprint density at radius 1 is 1.09 bits per heavy atom. The van der Waals surface area contributed by atoms with Crippen molar-refractivity contribution in [3.8, 4) is 0 Å². The highest BCUT2D eigenvalue weighted by atomic mass is 16.5. The molecule has 2 aromatic heterocycles. The van der Waals surface area contributed by atoms with Gasteiger partial charge < -0.3 is 30.4 Å². The Balaban J connectivity index is 1.52. The van der Waals surface area contributed by atoms with Crippen LogP contribution in [0.15, 0.2) is 55.2 Å². The molecule has 12 heteroatoms. The number of nitrogens with two attached hydrogens (primary N) is 1. The monoisotopic (exact) mass is 633 g/mol. The van der Waals surface area contributed by atoms with E-state index in [1.54, 1.807) is 28.4 Å². The first kappa shape index (κ1) is 33.3. The van der Waals surface area contributed by atoms with Crippen molar-refractivity contribution < 1.29 is 24.2 Å². The van der Waals surface area contributed by atoms with Crippen molar-refractivity contribution in [2.24, 2.45) is 17.6 Å². The molecule has 3 heterocycles. The molecular weight excluding hydrogens is 586 g/mol. The van der Waals surface area contributed by atoms with Gasteiger partial charge >= 0.3 is 6.03 Å². The topological polar surface area (TPSA) is 160 Å². The number of nitrogens with one attached hydrogen (secondary N) is 1. The molecule has 248 valence electrons. The zero-order valence-corrected chi connectivity index (χ0v) is 26.7. The molecule has 1 aliphatic heterocycles. The molecule has 1 saturated heterocycles. The Morgan fingerprint density at radius 2 is 1.83 bits per heavy atom. The Bertz CT molecular complexity index is 1400. The molecule has 3 aromatic rings. The Hall–Kier alpha value is -4.03. The first-order valence-electron chi connectivity index (χ1n) is 16.5. The third-order valence-corrected chi connectivity index (χ3v) is 9.40. The summed E-state index contributed by atoms with van der Waals surface area (Å²) in [4.78, 5) is 55.9. The van der Waals surface area contributed by atoms with Crippen molar-refractivity contribution in [2.45, 2.75) is 82.9 Å². The number of nitrogens with zero attached hydrogens (tertiary/aromatic N) is 5. The average molecular weight is 634 g/mol. The van der Waals surface area contributed by atoms with Gasteiger partial charge in [-0.2, -0.15) is 0 Å². The second-order valence-corrected chi connectivity index (χ2v) is 12.7. The number of carbonyl (C=O) groups is 3. The second-order valence-electron chi connectivity index (χ2n) is 12.7. The Morgan fingerprint density at radius 3 is 2.48 bits per heavy atom. The Labute approximate surface area is 270 Å². The number of aliphatic hydroxyl groups excluding tert-OH is 1. The number of aromatic nitrogens is 4. The van der Waals surface area contributed by atoms with E-state index < -0.39 is 30.1 Å². The minimum Gasteiger partial charge on any atom is -0.383 e. The molecule has 1 aliphatic carbocycles. The van der Waals surface area contributed by atoms with Crippen LogP contribution in [0.4, 0.5) is 4.79 Å². The van der Waals surface area contributed by atoms with Crippen LogP contribution in [0, 0.1) is 11.8 Å². The van der Waals surface area contributed by atoms with Gasteiger partial charge in [-0.15, -0.1) is 0 Å². The molecule has 1 saturated carbocycles. The number of amides is 3. The molecule has 46 heavy (non-hydrogen) atoms. The van der Waals surface area contributed by atoms with Gasteiger partial charge in [-0.05, 0) is 31.2 Å². The molecule has 3 amide bonds. The average Bonchev–Trinajstić information content (AvgIpc) is 3.78. The van der Waals surface area contributed by atoms with Gasteiger partial charge in [0.2, 0.25) is 11.8 Å². The van der Waals surface area contributed by atoms with Gasteiger partial charge in [-0.3, -0.25) is 14.2 Å². The third-order valence-electron chi connectivity index (χ3n) is 9.40. The largest absolute Gasteiger partial charge is 0.383 e. The second kappa shape index (κ2) is 16.0. The normalized spacial score (nSPS) is 18.4. The zero-order valence-electron chi connectivity index (χ0n) is 26.7. The van der Waals surface area contributed by atoms with E-state index in [0.717, 1.165) is 31.2 Å². The van der Waals surface area contributed by atoms with E-state index >= 15 is 4.79 Å². The van der Waals surface area contributed by atoms with Crippen LogP contribution in [-0.4, -0.2) is 90.7 Å². The first-order chi connectivity index (χ1) is 22.3. The van der Waals surface area contributed by atoms with Crippen LogP contribution < -0.4 is 5.73 Å². The lowest BCUT2D eigenvalue weighted by Gasteiger charge is -2.42. The molecular formula is C34H47N7O5. The third kappa shape index (κ3) is 8.61. The summed E-state index contributed by atoms with van der Waals surface area (Å²) in [6.07, 6.45) is 12.0. The molecule has 0 bridgehead atoms.